The van der Waals surface area contributed by atoms with Gasteiger partial charge >= 0.3 is 0 Å². The maximum Gasteiger partial charge on any atom is 0.242 e. The number of methoxy groups -OCH3 is 1. The number of rotatable bonds is 7. The number of aryl methyl sites for hydroxylation is 2. The van der Waals surface area contributed by atoms with Crippen LogP contribution in [0.2, 0.25) is 0 Å². The van der Waals surface area contributed by atoms with E-state index in [0.717, 1.165) is 40.1 Å². The van der Waals surface area contributed by atoms with Crippen LogP contribution in [-0.2, 0) is 24.4 Å². The third-order valence-corrected chi connectivity index (χ3v) is 5.00. The van der Waals surface area contributed by atoms with Crippen LogP contribution in [0.25, 0.3) is 22.2 Å². The number of ether oxygens (including phenoxy) is 1. The van der Waals surface area contributed by atoms with Crippen LogP contribution in [0.15, 0.2) is 48.9 Å². The Kier molecular flexibility index (Phi) is 5.47. The molecule has 0 saturated heterocycles. The highest BCUT2D eigenvalue weighted by Gasteiger charge is 2.16. The quantitative estimate of drug-likeness (QED) is 0.512. The first kappa shape index (κ1) is 19.6. The summed E-state index contributed by atoms with van der Waals surface area (Å²) >= 11 is 0. The predicted molar refractivity (Wildman–Crippen MR) is 114 cm³/mol. The SMILES string of the molecule is CCn1cc(CNC(=O)Cn2nc(C)c3c(-c4ccc(OC)cc4)ccnc32)cn1. The fraction of sp³-hybridized carbons (Fsp3) is 0.273. The second-order valence-corrected chi connectivity index (χ2v) is 7.01. The number of fused-ring (bicyclic) bond motifs is 1. The van der Waals surface area contributed by atoms with Gasteiger partial charge in [-0.3, -0.25) is 9.48 Å². The molecule has 0 atom stereocenters. The van der Waals surface area contributed by atoms with Crippen molar-refractivity contribution in [2.75, 3.05) is 7.11 Å². The summed E-state index contributed by atoms with van der Waals surface area (Å²) < 4.78 is 8.73. The van der Waals surface area contributed by atoms with Crippen LogP contribution >= 0.6 is 0 Å². The molecule has 0 aliphatic rings. The smallest absolute Gasteiger partial charge is 0.242 e. The van der Waals surface area contributed by atoms with Crippen molar-refractivity contribution in [3.8, 4) is 16.9 Å². The first-order valence-corrected chi connectivity index (χ1v) is 9.83. The van der Waals surface area contributed by atoms with Crippen molar-refractivity contribution < 1.29 is 9.53 Å². The van der Waals surface area contributed by atoms with Crippen LogP contribution in [0.4, 0.5) is 0 Å². The van der Waals surface area contributed by atoms with E-state index >= 15 is 0 Å². The molecule has 0 aliphatic carbocycles. The highest BCUT2D eigenvalue weighted by atomic mass is 16.5. The topological polar surface area (TPSA) is 86.9 Å². The number of pyridine rings is 1. The minimum Gasteiger partial charge on any atom is -0.497 e. The molecule has 0 radical (unpaired) electrons. The summed E-state index contributed by atoms with van der Waals surface area (Å²) in [6.07, 6.45) is 5.44. The Morgan fingerprint density at radius 3 is 2.70 bits per heavy atom. The van der Waals surface area contributed by atoms with Crippen LogP contribution in [-0.4, -0.2) is 37.6 Å². The van der Waals surface area contributed by atoms with Gasteiger partial charge in [-0.25, -0.2) is 9.67 Å². The van der Waals surface area contributed by atoms with E-state index in [1.807, 2.05) is 55.1 Å². The normalized spacial score (nSPS) is 11.0. The predicted octanol–water partition coefficient (Wildman–Crippen LogP) is 2.95. The minimum absolute atomic E-state index is 0.103. The molecule has 30 heavy (non-hydrogen) atoms. The van der Waals surface area contributed by atoms with E-state index in [9.17, 15) is 4.79 Å². The van der Waals surface area contributed by atoms with Gasteiger partial charge in [-0.15, -0.1) is 0 Å². The molecule has 3 heterocycles. The number of carbonyl (C=O) groups is 1. The lowest BCUT2D eigenvalue weighted by Gasteiger charge is -2.07. The number of hydrogen-bond donors (Lipinski definition) is 1. The van der Waals surface area contributed by atoms with Gasteiger partial charge in [0.2, 0.25) is 5.91 Å². The Balaban J connectivity index is 1.55. The van der Waals surface area contributed by atoms with E-state index in [2.05, 4.69) is 20.5 Å². The van der Waals surface area contributed by atoms with Crippen LogP contribution < -0.4 is 10.1 Å². The van der Waals surface area contributed by atoms with Crippen LogP contribution in [0.1, 0.15) is 18.2 Å². The first-order valence-electron chi connectivity index (χ1n) is 9.83. The van der Waals surface area contributed by atoms with Gasteiger partial charge < -0.3 is 10.1 Å². The molecule has 4 rings (SSSR count). The molecule has 0 spiro atoms. The maximum atomic E-state index is 12.5. The van der Waals surface area contributed by atoms with Crippen molar-refractivity contribution in [1.29, 1.82) is 0 Å². The fourth-order valence-corrected chi connectivity index (χ4v) is 3.47. The van der Waals surface area contributed by atoms with E-state index in [0.29, 0.717) is 12.2 Å². The van der Waals surface area contributed by atoms with Crippen LogP contribution in [0, 0.1) is 6.92 Å². The lowest BCUT2D eigenvalue weighted by atomic mass is 10.0. The fourth-order valence-electron chi connectivity index (χ4n) is 3.47. The molecule has 0 unspecified atom stereocenters. The zero-order valence-electron chi connectivity index (χ0n) is 17.3. The molecule has 0 fully saturated rings. The van der Waals surface area contributed by atoms with Crippen LogP contribution in [0.5, 0.6) is 5.75 Å². The van der Waals surface area contributed by atoms with Crippen molar-refractivity contribution in [2.45, 2.75) is 33.5 Å². The van der Waals surface area contributed by atoms with E-state index in [4.69, 9.17) is 4.74 Å². The largest absolute Gasteiger partial charge is 0.497 e. The van der Waals surface area contributed by atoms with E-state index in [1.54, 1.807) is 24.2 Å². The van der Waals surface area contributed by atoms with Crippen molar-refractivity contribution in [3.05, 3.63) is 60.2 Å². The van der Waals surface area contributed by atoms with Gasteiger partial charge in [0.15, 0.2) is 5.65 Å². The van der Waals surface area contributed by atoms with E-state index < -0.39 is 0 Å². The highest BCUT2D eigenvalue weighted by Crippen LogP contribution is 2.30. The minimum atomic E-state index is -0.125. The Hall–Kier alpha value is -3.68. The molecule has 1 amide bonds. The van der Waals surface area contributed by atoms with E-state index in [-0.39, 0.29) is 12.5 Å². The number of nitrogens with one attached hydrogen (secondary N) is 1. The molecule has 8 nitrogen and oxygen atoms in total. The summed E-state index contributed by atoms with van der Waals surface area (Å²) in [5.74, 6) is 0.679. The summed E-state index contributed by atoms with van der Waals surface area (Å²) in [5.41, 5.74) is 4.56. The third-order valence-electron chi connectivity index (χ3n) is 5.00. The Morgan fingerprint density at radius 1 is 1.20 bits per heavy atom. The van der Waals surface area contributed by atoms with Gasteiger partial charge in [0.05, 0.1) is 19.0 Å². The number of carbonyl (C=O) groups excluding carboxylic acids is 1. The summed E-state index contributed by atoms with van der Waals surface area (Å²) in [7, 11) is 1.65. The lowest BCUT2D eigenvalue weighted by molar-refractivity contribution is -0.121. The molecule has 0 bridgehead atoms. The molecular weight excluding hydrogens is 380 g/mol. The highest BCUT2D eigenvalue weighted by molar-refractivity contribution is 5.95. The Bertz CT molecular complexity index is 1180. The van der Waals surface area contributed by atoms with Crippen molar-refractivity contribution in [1.82, 2.24) is 29.9 Å². The first-order chi connectivity index (χ1) is 14.6. The van der Waals surface area contributed by atoms with Crippen LogP contribution in [0.3, 0.4) is 0 Å². The lowest BCUT2D eigenvalue weighted by Crippen LogP contribution is -2.27. The standard InChI is InChI=1S/C22H24N6O2/c1-4-27-13-16(12-25-27)11-24-20(29)14-28-22-21(15(2)26-28)19(9-10-23-22)17-5-7-18(30-3)8-6-17/h5-10,12-13H,4,11,14H2,1-3H3,(H,24,29). The maximum absolute atomic E-state index is 12.5. The molecule has 8 heteroatoms. The zero-order chi connectivity index (χ0) is 21.1. The monoisotopic (exact) mass is 404 g/mol. The molecule has 1 N–H and O–H groups in total. The molecular formula is C22H24N6O2. The number of benzene rings is 1. The van der Waals surface area contributed by atoms with Crippen molar-refractivity contribution in [3.63, 3.8) is 0 Å². The van der Waals surface area contributed by atoms with Gasteiger partial charge in [-0.05, 0) is 43.2 Å². The zero-order valence-corrected chi connectivity index (χ0v) is 17.3. The number of nitrogens with zero attached hydrogens (tertiary/aromatic N) is 5. The van der Waals surface area contributed by atoms with E-state index in [1.165, 1.54) is 0 Å². The molecule has 0 saturated carbocycles. The summed E-state index contributed by atoms with van der Waals surface area (Å²) in [6.45, 7) is 5.29. The average Bonchev–Trinajstić information content (AvgIpc) is 3.37. The second kappa shape index (κ2) is 8.36. The molecule has 154 valence electrons. The second-order valence-electron chi connectivity index (χ2n) is 7.01. The van der Waals surface area contributed by atoms with Gasteiger partial charge in [-0.2, -0.15) is 10.2 Å². The summed E-state index contributed by atoms with van der Waals surface area (Å²) in [5, 5.41) is 12.7. The van der Waals surface area contributed by atoms with Crippen molar-refractivity contribution in [2.24, 2.45) is 0 Å². The van der Waals surface area contributed by atoms with Crippen molar-refractivity contribution >= 4 is 16.9 Å². The number of aromatic nitrogens is 5. The third kappa shape index (κ3) is 3.89. The Labute approximate surface area is 174 Å². The average molecular weight is 404 g/mol. The van der Waals surface area contributed by atoms with Gasteiger partial charge in [-0.1, -0.05) is 12.1 Å². The molecule has 3 aromatic heterocycles. The van der Waals surface area contributed by atoms with Gasteiger partial charge in [0.1, 0.15) is 12.3 Å². The van der Waals surface area contributed by atoms with Gasteiger partial charge in [0.25, 0.3) is 0 Å². The van der Waals surface area contributed by atoms with Gasteiger partial charge in [0, 0.05) is 36.4 Å². The number of hydrogen-bond acceptors (Lipinski definition) is 5. The summed E-state index contributed by atoms with van der Waals surface area (Å²) in [4.78, 5) is 17.0. The number of amides is 1. The molecule has 1 aromatic carbocycles. The molecule has 4 aromatic rings. The summed E-state index contributed by atoms with van der Waals surface area (Å²) in [6, 6.07) is 9.83. The Morgan fingerprint density at radius 2 is 2.00 bits per heavy atom. The molecule has 0 aliphatic heterocycles.